The predicted molar refractivity (Wildman–Crippen MR) is 70.8 cm³/mol. The summed E-state index contributed by atoms with van der Waals surface area (Å²) >= 11 is 0. The van der Waals surface area contributed by atoms with Crippen LogP contribution in [0.2, 0.25) is 0 Å². The van der Waals surface area contributed by atoms with E-state index in [0.717, 1.165) is 0 Å². The number of carbonyl (C=O) groups excluding carboxylic acids is 2. The van der Waals surface area contributed by atoms with Crippen LogP contribution in [0.4, 0.5) is 0 Å². The lowest BCUT2D eigenvalue weighted by molar-refractivity contribution is -0.145. The van der Waals surface area contributed by atoms with Crippen LogP contribution in [0.1, 0.15) is 16.8 Å². The molecule has 0 radical (unpaired) electrons. The number of rotatable bonds is 3. The number of ether oxygens (including phenoxy) is 1. The highest BCUT2D eigenvalue weighted by Gasteiger charge is 2.40. The van der Waals surface area contributed by atoms with E-state index < -0.39 is 18.1 Å². The molecule has 1 amide bonds. The summed E-state index contributed by atoms with van der Waals surface area (Å²) in [5.74, 6) is -0.762. The Balaban J connectivity index is 2.25. The SMILES string of the molecule is COC(=O)[C@@H]1C[C@H](N=[N+]=[N-])CN1C(=O)c1ccccc1. The molecule has 7 nitrogen and oxygen atoms in total. The number of nitrogens with zero attached hydrogens (tertiary/aromatic N) is 4. The van der Waals surface area contributed by atoms with Gasteiger partial charge >= 0.3 is 5.97 Å². The van der Waals surface area contributed by atoms with Crippen molar-refractivity contribution in [2.24, 2.45) is 5.11 Å². The zero-order valence-electron chi connectivity index (χ0n) is 11.0. The molecule has 1 fully saturated rings. The zero-order valence-corrected chi connectivity index (χ0v) is 11.0. The Morgan fingerprint density at radius 3 is 2.70 bits per heavy atom. The molecule has 1 saturated heterocycles. The van der Waals surface area contributed by atoms with Crippen molar-refractivity contribution < 1.29 is 14.3 Å². The maximum atomic E-state index is 12.4. The summed E-state index contributed by atoms with van der Waals surface area (Å²) in [5, 5.41) is 3.60. The van der Waals surface area contributed by atoms with E-state index >= 15 is 0 Å². The van der Waals surface area contributed by atoms with E-state index in [2.05, 4.69) is 10.0 Å². The van der Waals surface area contributed by atoms with E-state index in [1.807, 2.05) is 0 Å². The Morgan fingerprint density at radius 2 is 2.10 bits per heavy atom. The van der Waals surface area contributed by atoms with Gasteiger partial charge < -0.3 is 9.64 Å². The molecule has 0 saturated carbocycles. The smallest absolute Gasteiger partial charge is 0.328 e. The second-order valence-corrected chi connectivity index (χ2v) is 4.46. The largest absolute Gasteiger partial charge is 0.467 e. The summed E-state index contributed by atoms with van der Waals surface area (Å²) in [7, 11) is 1.27. The Labute approximate surface area is 115 Å². The van der Waals surface area contributed by atoms with E-state index in [9.17, 15) is 9.59 Å². The molecule has 0 aliphatic carbocycles. The Bertz CT molecular complexity index is 554. The fourth-order valence-corrected chi connectivity index (χ4v) is 2.30. The molecule has 2 rings (SSSR count). The highest BCUT2D eigenvalue weighted by molar-refractivity contribution is 5.97. The van der Waals surface area contributed by atoms with E-state index in [1.54, 1.807) is 30.3 Å². The molecule has 0 aromatic heterocycles. The quantitative estimate of drug-likeness (QED) is 0.363. The van der Waals surface area contributed by atoms with Gasteiger partial charge in [-0.15, -0.1) is 0 Å². The summed E-state index contributed by atoms with van der Waals surface area (Å²) in [6, 6.07) is 7.55. The van der Waals surface area contributed by atoms with E-state index in [4.69, 9.17) is 10.3 Å². The lowest BCUT2D eigenvalue weighted by atomic mass is 10.1. The van der Waals surface area contributed by atoms with Crippen LogP contribution in [0.5, 0.6) is 0 Å². The van der Waals surface area contributed by atoms with Crippen LogP contribution >= 0.6 is 0 Å². The second kappa shape index (κ2) is 6.08. The Kier molecular flexibility index (Phi) is 4.22. The third-order valence-corrected chi connectivity index (χ3v) is 3.25. The van der Waals surface area contributed by atoms with Gasteiger partial charge in [-0.05, 0) is 24.1 Å². The molecular formula is C13H14N4O3. The van der Waals surface area contributed by atoms with Crippen LogP contribution in [-0.2, 0) is 9.53 Å². The molecule has 7 heteroatoms. The molecule has 0 unspecified atom stereocenters. The number of carbonyl (C=O) groups is 2. The zero-order chi connectivity index (χ0) is 14.5. The second-order valence-electron chi connectivity index (χ2n) is 4.46. The van der Waals surface area contributed by atoms with Crippen molar-refractivity contribution in [1.82, 2.24) is 4.90 Å². The van der Waals surface area contributed by atoms with Gasteiger partial charge in [0.05, 0.1) is 13.2 Å². The standard InChI is InChI=1S/C13H14N4O3/c1-20-13(19)11-7-10(15-16-14)8-17(11)12(18)9-5-3-2-4-6-9/h2-6,10-11H,7-8H2,1H3/t10-,11-/m0/s1. The van der Waals surface area contributed by atoms with Crippen molar-refractivity contribution in [2.45, 2.75) is 18.5 Å². The van der Waals surface area contributed by atoms with Crippen LogP contribution in [0.15, 0.2) is 35.4 Å². The molecule has 1 aliphatic heterocycles. The predicted octanol–water partition coefficient (Wildman–Crippen LogP) is 1.75. The van der Waals surface area contributed by atoms with Crippen molar-refractivity contribution in [3.8, 4) is 0 Å². The molecule has 1 aromatic carbocycles. The maximum absolute atomic E-state index is 12.4. The van der Waals surface area contributed by atoms with Crippen molar-refractivity contribution in [1.29, 1.82) is 0 Å². The first kappa shape index (κ1) is 13.9. The van der Waals surface area contributed by atoms with Crippen LogP contribution in [0.25, 0.3) is 10.4 Å². The van der Waals surface area contributed by atoms with E-state index in [1.165, 1.54) is 12.0 Å². The van der Waals surface area contributed by atoms with Gasteiger partial charge in [-0.2, -0.15) is 0 Å². The molecule has 0 spiro atoms. The maximum Gasteiger partial charge on any atom is 0.328 e. The molecule has 1 heterocycles. The third-order valence-electron chi connectivity index (χ3n) is 3.25. The minimum absolute atomic E-state index is 0.220. The van der Waals surface area contributed by atoms with Gasteiger partial charge in [-0.25, -0.2) is 4.79 Å². The van der Waals surface area contributed by atoms with Crippen LogP contribution in [-0.4, -0.2) is 42.5 Å². The van der Waals surface area contributed by atoms with Crippen molar-refractivity contribution >= 4 is 11.9 Å². The summed E-state index contributed by atoms with van der Waals surface area (Å²) in [4.78, 5) is 28.3. The average molecular weight is 274 g/mol. The van der Waals surface area contributed by atoms with Gasteiger partial charge in [0.15, 0.2) is 0 Å². The number of likely N-dealkylation sites (tertiary alicyclic amines) is 1. The number of azide groups is 1. The number of methoxy groups -OCH3 is 1. The fraction of sp³-hybridized carbons (Fsp3) is 0.385. The van der Waals surface area contributed by atoms with Gasteiger partial charge in [-0.3, -0.25) is 4.79 Å². The number of amides is 1. The molecule has 20 heavy (non-hydrogen) atoms. The van der Waals surface area contributed by atoms with Gasteiger partial charge in [0.25, 0.3) is 5.91 Å². The third kappa shape index (κ3) is 2.73. The molecule has 0 bridgehead atoms. The monoisotopic (exact) mass is 274 g/mol. The molecule has 2 atom stereocenters. The fourth-order valence-electron chi connectivity index (χ4n) is 2.30. The molecular weight excluding hydrogens is 260 g/mol. The topological polar surface area (TPSA) is 95.4 Å². The minimum Gasteiger partial charge on any atom is -0.467 e. The number of hydrogen-bond acceptors (Lipinski definition) is 4. The first-order chi connectivity index (χ1) is 9.67. The number of esters is 1. The Hall–Kier alpha value is -2.53. The van der Waals surface area contributed by atoms with Gasteiger partial charge in [-0.1, -0.05) is 23.3 Å². The summed E-state index contributed by atoms with van der Waals surface area (Å²) in [6.45, 7) is 0.220. The van der Waals surface area contributed by atoms with Gasteiger partial charge in [0, 0.05) is 17.0 Å². The minimum atomic E-state index is -0.705. The summed E-state index contributed by atoms with van der Waals surface area (Å²) < 4.78 is 4.71. The molecule has 1 aliphatic rings. The van der Waals surface area contributed by atoms with Gasteiger partial charge in [0.1, 0.15) is 6.04 Å². The highest BCUT2D eigenvalue weighted by Crippen LogP contribution is 2.23. The van der Waals surface area contributed by atoms with E-state index in [-0.39, 0.29) is 18.9 Å². The molecule has 0 N–H and O–H groups in total. The van der Waals surface area contributed by atoms with Crippen molar-refractivity contribution in [3.63, 3.8) is 0 Å². The van der Waals surface area contributed by atoms with Crippen molar-refractivity contribution in [2.75, 3.05) is 13.7 Å². The summed E-state index contributed by atoms with van der Waals surface area (Å²) in [6.07, 6.45) is 0.287. The highest BCUT2D eigenvalue weighted by atomic mass is 16.5. The normalized spacial score (nSPS) is 21.1. The first-order valence-electron chi connectivity index (χ1n) is 6.15. The van der Waals surface area contributed by atoms with Crippen LogP contribution < -0.4 is 0 Å². The first-order valence-corrected chi connectivity index (χ1v) is 6.15. The number of hydrogen-bond donors (Lipinski definition) is 0. The Morgan fingerprint density at radius 1 is 1.40 bits per heavy atom. The molecule has 1 aromatic rings. The number of benzene rings is 1. The molecule has 104 valence electrons. The lowest BCUT2D eigenvalue weighted by Gasteiger charge is -2.22. The lowest BCUT2D eigenvalue weighted by Crippen LogP contribution is -2.41. The van der Waals surface area contributed by atoms with Crippen LogP contribution in [0.3, 0.4) is 0 Å². The van der Waals surface area contributed by atoms with Crippen molar-refractivity contribution in [3.05, 3.63) is 46.3 Å². The van der Waals surface area contributed by atoms with E-state index in [0.29, 0.717) is 5.56 Å². The average Bonchev–Trinajstić information content (AvgIpc) is 2.91. The van der Waals surface area contributed by atoms with Crippen LogP contribution in [0, 0.1) is 0 Å². The van der Waals surface area contributed by atoms with Gasteiger partial charge in [0.2, 0.25) is 0 Å². The summed E-state index contributed by atoms with van der Waals surface area (Å²) in [5.41, 5.74) is 8.98.